The monoisotopic (exact) mass is 325 g/mol. The van der Waals surface area contributed by atoms with Crippen molar-refractivity contribution in [3.05, 3.63) is 51.1 Å². The van der Waals surface area contributed by atoms with Crippen LogP contribution in [0.3, 0.4) is 0 Å². The van der Waals surface area contributed by atoms with Crippen LogP contribution in [0.15, 0.2) is 45.6 Å². The number of hydrogen-bond acceptors (Lipinski definition) is 3. The van der Waals surface area contributed by atoms with Crippen LogP contribution in [0, 0.1) is 0 Å². The smallest absolute Gasteiger partial charge is 0.120 e. The topological polar surface area (TPSA) is 12.5 Å². The first-order valence-electron chi connectivity index (χ1n) is 5.82. The highest BCUT2D eigenvalue weighted by Crippen LogP contribution is 2.17. The van der Waals surface area contributed by atoms with Gasteiger partial charge in [-0.25, -0.2) is 0 Å². The molecule has 0 aliphatic carbocycles. The number of likely N-dealkylation sites (N-methyl/N-ethyl adjacent to an activating group) is 1. The number of thiophene rings is 1. The van der Waals surface area contributed by atoms with Gasteiger partial charge in [0.2, 0.25) is 0 Å². The maximum atomic E-state index is 5.71. The molecule has 0 atom stereocenters. The Morgan fingerprint density at radius 1 is 1.33 bits per heavy atom. The van der Waals surface area contributed by atoms with Crippen molar-refractivity contribution in [1.82, 2.24) is 4.90 Å². The third kappa shape index (κ3) is 4.44. The summed E-state index contributed by atoms with van der Waals surface area (Å²) in [6.45, 7) is 2.60. The van der Waals surface area contributed by atoms with Crippen molar-refractivity contribution >= 4 is 27.3 Å². The van der Waals surface area contributed by atoms with Crippen molar-refractivity contribution in [1.29, 1.82) is 0 Å². The largest absolute Gasteiger partial charge is 0.492 e. The Morgan fingerprint density at radius 3 is 2.94 bits per heavy atom. The molecule has 0 fully saturated rings. The van der Waals surface area contributed by atoms with Gasteiger partial charge in [0.25, 0.3) is 0 Å². The van der Waals surface area contributed by atoms with E-state index in [1.54, 1.807) is 11.3 Å². The van der Waals surface area contributed by atoms with Crippen LogP contribution < -0.4 is 4.74 Å². The third-order valence-electron chi connectivity index (χ3n) is 2.57. The van der Waals surface area contributed by atoms with Crippen molar-refractivity contribution in [2.24, 2.45) is 0 Å². The van der Waals surface area contributed by atoms with E-state index in [1.807, 2.05) is 24.3 Å². The van der Waals surface area contributed by atoms with Crippen molar-refractivity contribution < 1.29 is 4.74 Å². The molecule has 0 radical (unpaired) electrons. The van der Waals surface area contributed by atoms with Gasteiger partial charge in [-0.1, -0.05) is 22.0 Å². The van der Waals surface area contributed by atoms with Crippen molar-refractivity contribution in [2.75, 3.05) is 20.2 Å². The van der Waals surface area contributed by atoms with Crippen LogP contribution in [0.2, 0.25) is 0 Å². The molecule has 1 heterocycles. The van der Waals surface area contributed by atoms with E-state index in [4.69, 9.17) is 4.74 Å². The van der Waals surface area contributed by atoms with E-state index in [0.29, 0.717) is 6.61 Å². The molecule has 18 heavy (non-hydrogen) atoms. The lowest BCUT2D eigenvalue weighted by Gasteiger charge is -2.16. The van der Waals surface area contributed by atoms with Gasteiger partial charge in [0.15, 0.2) is 0 Å². The molecule has 0 unspecified atom stereocenters. The second kappa shape index (κ2) is 6.92. The molecule has 1 aromatic carbocycles. The summed E-state index contributed by atoms with van der Waals surface area (Å²) in [5.41, 5.74) is 1.37. The molecule has 2 aromatic rings. The Bertz CT molecular complexity index is 472. The molecule has 0 spiro atoms. The molecule has 0 bridgehead atoms. The van der Waals surface area contributed by atoms with E-state index in [0.717, 1.165) is 23.3 Å². The number of halogens is 1. The van der Waals surface area contributed by atoms with Gasteiger partial charge in [0.05, 0.1) is 0 Å². The van der Waals surface area contributed by atoms with Crippen LogP contribution >= 0.6 is 27.3 Å². The van der Waals surface area contributed by atoms with E-state index >= 15 is 0 Å². The van der Waals surface area contributed by atoms with Crippen LogP contribution in [-0.4, -0.2) is 25.1 Å². The fourth-order valence-corrected chi connectivity index (χ4v) is 2.69. The summed E-state index contributed by atoms with van der Waals surface area (Å²) in [5.74, 6) is 0.910. The highest BCUT2D eigenvalue weighted by molar-refractivity contribution is 9.10. The minimum absolute atomic E-state index is 0.705. The minimum Gasteiger partial charge on any atom is -0.492 e. The zero-order valence-electron chi connectivity index (χ0n) is 10.3. The molecule has 2 nitrogen and oxygen atoms in total. The van der Waals surface area contributed by atoms with Gasteiger partial charge in [-0.3, -0.25) is 4.90 Å². The van der Waals surface area contributed by atoms with E-state index in [-0.39, 0.29) is 0 Å². The van der Waals surface area contributed by atoms with E-state index in [2.05, 4.69) is 44.7 Å². The highest BCUT2D eigenvalue weighted by Gasteiger charge is 2.01. The average Bonchev–Trinajstić information content (AvgIpc) is 2.82. The van der Waals surface area contributed by atoms with Crippen LogP contribution in [-0.2, 0) is 6.54 Å². The maximum Gasteiger partial charge on any atom is 0.120 e. The second-order valence-corrected chi connectivity index (χ2v) is 5.87. The van der Waals surface area contributed by atoms with Gasteiger partial charge in [0, 0.05) is 17.6 Å². The van der Waals surface area contributed by atoms with Gasteiger partial charge in [0.1, 0.15) is 12.4 Å². The Morgan fingerprint density at radius 2 is 2.22 bits per heavy atom. The quantitative estimate of drug-likeness (QED) is 0.795. The number of benzene rings is 1. The Hall–Kier alpha value is -0.840. The maximum absolute atomic E-state index is 5.71. The minimum atomic E-state index is 0.705. The van der Waals surface area contributed by atoms with Crippen molar-refractivity contribution in [3.63, 3.8) is 0 Å². The molecule has 0 saturated carbocycles. The summed E-state index contributed by atoms with van der Waals surface area (Å²) >= 11 is 5.17. The van der Waals surface area contributed by atoms with Crippen LogP contribution in [0.5, 0.6) is 5.75 Å². The second-order valence-electron chi connectivity index (χ2n) is 4.18. The molecule has 0 aliphatic rings. The molecular formula is C14H16BrNOS. The Kier molecular flexibility index (Phi) is 5.23. The standard InChI is InChI=1S/C14H16BrNOS/c1-16(10-12-5-8-18-11-12)6-7-17-14-4-2-3-13(15)9-14/h2-5,8-9,11H,6-7,10H2,1H3. The third-order valence-corrected chi connectivity index (χ3v) is 3.80. The molecule has 0 N–H and O–H groups in total. The summed E-state index contributed by atoms with van der Waals surface area (Å²) in [4.78, 5) is 2.26. The molecule has 4 heteroatoms. The normalized spacial score (nSPS) is 10.8. The van der Waals surface area contributed by atoms with Gasteiger partial charge < -0.3 is 4.74 Å². The number of nitrogens with zero attached hydrogens (tertiary/aromatic N) is 1. The Balaban J connectivity index is 1.72. The summed E-state index contributed by atoms with van der Waals surface area (Å²) in [5, 5.41) is 4.30. The number of hydrogen-bond donors (Lipinski definition) is 0. The van der Waals surface area contributed by atoms with Gasteiger partial charge >= 0.3 is 0 Å². The van der Waals surface area contributed by atoms with E-state index < -0.39 is 0 Å². The Labute approximate surface area is 120 Å². The number of ether oxygens (including phenoxy) is 1. The van der Waals surface area contributed by atoms with Crippen molar-refractivity contribution in [2.45, 2.75) is 6.54 Å². The highest BCUT2D eigenvalue weighted by atomic mass is 79.9. The molecule has 1 aromatic heterocycles. The summed E-state index contributed by atoms with van der Waals surface area (Å²) in [6.07, 6.45) is 0. The zero-order chi connectivity index (χ0) is 12.8. The molecule has 2 rings (SSSR count). The van der Waals surface area contributed by atoms with Gasteiger partial charge in [-0.2, -0.15) is 11.3 Å². The molecule has 0 saturated heterocycles. The van der Waals surface area contributed by atoms with Gasteiger partial charge in [-0.05, 0) is 47.6 Å². The predicted molar refractivity (Wildman–Crippen MR) is 80.3 cm³/mol. The lowest BCUT2D eigenvalue weighted by molar-refractivity contribution is 0.233. The van der Waals surface area contributed by atoms with Crippen LogP contribution in [0.4, 0.5) is 0 Å². The SMILES string of the molecule is CN(CCOc1cccc(Br)c1)Cc1ccsc1. The lowest BCUT2D eigenvalue weighted by atomic mass is 10.3. The molecule has 0 amide bonds. The summed E-state index contributed by atoms with van der Waals surface area (Å²) in [6, 6.07) is 10.1. The fraction of sp³-hybridized carbons (Fsp3) is 0.286. The molecule has 96 valence electrons. The van der Waals surface area contributed by atoms with Crippen LogP contribution in [0.25, 0.3) is 0 Å². The molecular weight excluding hydrogens is 310 g/mol. The molecule has 0 aliphatic heterocycles. The van der Waals surface area contributed by atoms with E-state index in [9.17, 15) is 0 Å². The fourth-order valence-electron chi connectivity index (χ4n) is 1.65. The van der Waals surface area contributed by atoms with Gasteiger partial charge in [-0.15, -0.1) is 0 Å². The van der Waals surface area contributed by atoms with Crippen LogP contribution in [0.1, 0.15) is 5.56 Å². The predicted octanol–water partition coefficient (Wildman–Crippen LogP) is 4.02. The first-order chi connectivity index (χ1) is 8.74. The van der Waals surface area contributed by atoms with E-state index in [1.165, 1.54) is 5.56 Å². The average molecular weight is 326 g/mol. The number of rotatable bonds is 6. The lowest BCUT2D eigenvalue weighted by Crippen LogP contribution is -2.23. The summed E-state index contributed by atoms with van der Waals surface area (Å²) in [7, 11) is 2.11. The van der Waals surface area contributed by atoms with Crippen molar-refractivity contribution in [3.8, 4) is 5.75 Å². The first kappa shape index (κ1) is 13.6. The zero-order valence-corrected chi connectivity index (χ0v) is 12.7. The first-order valence-corrected chi connectivity index (χ1v) is 7.55. The summed E-state index contributed by atoms with van der Waals surface area (Å²) < 4.78 is 6.76.